The van der Waals surface area contributed by atoms with Gasteiger partial charge in [0.15, 0.2) is 17.9 Å². The molecule has 6 bridgehead atoms. The smallest absolute Gasteiger partial charge is 0.306 e. The number of ether oxygens (including phenoxy) is 3. The van der Waals surface area contributed by atoms with Crippen molar-refractivity contribution < 1.29 is 23.4 Å². The molecule has 1 fully saturated rings. The fraction of sp³-hybridized carbons (Fsp3) is 0.467. The van der Waals surface area contributed by atoms with Crippen molar-refractivity contribution in [2.75, 3.05) is 13.2 Å². The van der Waals surface area contributed by atoms with Crippen LogP contribution in [0, 0.1) is 5.82 Å². The van der Waals surface area contributed by atoms with Gasteiger partial charge in [0.05, 0.1) is 24.3 Å². The van der Waals surface area contributed by atoms with Crippen LogP contribution in [0.25, 0.3) is 22.4 Å². The van der Waals surface area contributed by atoms with Crippen LogP contribution in [-0.4, -0.2) is 65.2 Å². The number of H-pyrrole nitrogens is 1. The number of benzene rings is 2. The van der Waals surface area contributed by atoms with Crippen LogP contribution >= 0.6 is 0 Å². The van der Waals surface area contributed by atoms with Crippen molar-refractivity contribution in [1.82, 2.24) is 39.7 Å². The maximum atomic E-state index is 16.8. The lowest BCUT2D eigenvalue weighted by atomic mass is 9.75. The minimum Gasteiger partial charge on any atom is -0.466 e. The van der Waals surface area contributed by atoms with Gasteiger partial charge >= 0.3 is 5.97 Å². The normalized spacial score (nSPS) is 21.1. The Bertz CT molecular complexity index is 2390. The number of esters is 1. The molecule has 2 aliphatic heterocycles. The molecule has 3 atom stereocenters. The molecule has 0 aliphatic carbocycles. The predicted molar refractivity (Wildman–Crippen MR) is 217 cm³/mol. The van der Waals surface area contributed by atoms with E-state index >= 15 is 4.39 Å². The third-order valence-electron chi connectivity index (χ3n) is 12.0. The second-order valence-electron chi connectivity index (χ2n) is 16.6. The molecular formula is C45H53FN8O4. The topological polar surface area (TPSA) is 135 Å². The molecule has 12 nitrogen and oxygen atoms in total. The van der Waals surface area contributed by atoms with Gasteiger partial charge in [-0.25, -0.2) is 18.7 Å². The molecular weight excluding hydrogens is 736 g/mol. The highest BCUT2D eigenvalue weighted by Gasteiger charge is 2.36. The van der Waals surface area contributed by atoms with E-state index in [1.54, 1.807) is 16.9 Å². The van der Waals surface area contributed by atoms with Crippen LogP contribution in [0.3, 0.4) is 0 Å². The minimum atomic E-state index is -0.837. The number of hydrogen-bond acceptors (Lipinski definition) is 9. The maximum Gasteiger partial charge on any atom is 0.306 e. The van der Waals surface area contributed by atoms with E-state index in [4.69, 9.17) is 29.3 Å². The monoisotopic (exact) mass is 788 g/mol. The van der Waals surface area contributed by atoms with Gasteiger partial charge in [-0.1, -0.05) is 56.2 Å². The molecule has 58 heavy (non-hydrogen) atoms. The second kappa shape index (κ2) is 16.5. The van der Waals surface area contributed by atoms with Crippen molar-refractivity contribution in [3.05, 3.63) is 112 Å². The number of hydrogen-bond donors (Lipinski definition) is 1. The van der Waals surface area contributed by atoms with Gasteiger partial charge in [-0.2, -0.15) is 5.10 Å². The van der Waals surface area contributed by atoms with Gasteiger partial charge in [0.1, 0.15) is 17.6 Å². The zero-order chi connectivity index (χ0) is 40.4. The van der Waals surface area contributed by atoms with E-state index in [0.717, 1.165) is 66.3 Å². The molecule has 1 saturated heterocycles. The Morgan fingerprint density at radius 2 is 1.93 bits per heavy atom. The lowest BCUT2D eigenvalue weighted by Crippen LogP contribution is -2.26. The number of halogens is 1. The third kappa shape index (κ3) is 8.06. The highest BCUT2D eigenvalue weighted by molar-refractivity contribution is 5.85. The SMILES string of the molecule is CCOC(=O)CCc1cccc([C@@]2(C)CCCCC(C)(C)c3cn(nn3)Cc3c(c(F)cc4[nH]ccc34)C(OC3CCCCO3)c3ccnc(c3)-c3nc2nn3C)c1. The first-order chi connectivity index (χ1) is 28.0. The number of rotatable bonds is 7. The second-order valence-corrected chi connectivity index (χ2v) is 16.6. The summed E-state index contributed by atoms with van der Waals surface area (Å²) in [5.74, 6) is 0.665. The molecule has 2 aromatic carbocycles. The van der Waals surface area contributed by atoms with Crippen molar-refractivity contribution in [3.8, 4) is 11.5 Å². The number of nitrogens with one attached hydrogen (secondary N) is 1. The molecule has 0 saturated carbocycles. The number of carbonyl (C=O) groups excluding carboxylic acids is 1. The highest BCUT2D eigenvalue weighted by Crippen LogP contribution is 2.41. The van der Waals surface area contributed by atoms with E-state index in [0.29, 0.717) is 66.5 Å². The molecule has 1 N–H and O–H groups in total. The summed E-state index contributed by atoms with van der Waals surface area (Å²) in [6.07, 6.45) is 11.2. The van der Waals surface area contributed by atoms with E-state index in [2.05, 4.69) is 54.3 Å². The zero-order valence-corrected chi connectivity index (χ0v) is 34.1. The van der Waals surface area contributed by atoms with Gasteiger partial charge in [-0.15, -0.1) is 5.10 Å². The Hall–Kier alpha value is -5.27. The van der Waals surface area contributed by atoms with E-state index in [9.17, 15) is 4.79 Å². The average molecular weight is 789 g/mol. The Morgan fingerprint density at radius 3 is 2.76 bits per heavy atom. The summed E-state index contributed by atoms with van der Waals surface area (Å²) in [5, 5.41) is 15.2. The molecule has 4 aromatic heterocycles. The summed E-state index contributed by atoms with van der Waals surface area (Å²) in [4.78, 5) is 25.5. The van der Waals surface area contributed by atoms with Crippen LogP contribution in [0.4, 0.5) is 4.39 Å². The van der Waals surface area contributed by atoms with Crippen molar-refractivity contribution in [1.29, 1.82) is 0 Å². The molecule has 6 heterocycles. The van der Waals surface area contributed by atoms with E-state index in [1.165, 1.54) is 0 Å². The zero-order valence-electron chi connectivity index (χ0n) is 34.1. The fourth-order valence-corrected chi connectivity index (χ4v) is 8.53. The number of aromatic nitrogens is 8. The molecule has 2 unspecified atom stereocenters. The average Bonchev–Trinajstić information content (AvgIpc) is 3.99. The van der Waals surface area contributed by atoms with Gasteiger partial charge in [-0.05, 0) is 98.9 Å². The number of fused-ring (bicyclic) bond motifs is 10. The number of aryl methyl sites for hydroxylation is 2. The van der Waals surface area contributed by atoms with Crippen LogP contribution in [0.2, 0.25) is 0 Å². The van der Waals surface area contributed by atoms with Crippen molar-refractivity contribution in [3.63, 3.8) is 0 Å². The minimum absolute atomic E-state index is 0.206. The third-order valence-corrected chi connectivity index (χ3v) is 12.0. The lowest BCUT2D eigenvalue weighted by Gasteiger charge is -2.30. The molecule has 13 heteroatoms. The number of pyridine rings is 1. The summed E-state index contributed by atoms with van der Waals surface area (Å²) in [6.45, 7) is 9.66. The largest absolute Gasteiger partial charge is 0.466 e. The summed E-state index contributed by atoms with van der Waals surface area (Å²) in [6, 6.07) is 15.7. The molecule has 0 spiro atoms. The van der Waals surface area contributed by atoms with Crippen molar-refractivity contribution >= 4 is 16.9 Å². The summed E-state index contributed by atoms with van der Waals surface area (Å²) >= 11 is 0. The molecule has 6 aromatic rings. The van der Waals surface area contributed by atoms with E-state index in [1.807, 2.05) is 55.3 Å². The van der Waals surface area contributed by atoms with Crippen molar-refractivity contribution in [2.45, 2.75) is 115 Å². The maximum absolute atomic E-state index is 16.8. The van der Waals surface area contributed by atoms with Gasteiger partial charge < -0.3 is 19.2 Å². The quantitative estimate of drug-likeness (QED) is 0.158. The van der Waals surface area contributed by atoms with E-state index < -0.39 is 23.6 Å². The van der Waals surface area contributed by atoms with Crippen LogP contribution in [0.5, 0.6) is 0 Å². The predicted octanol–water partition coefficient (Wildman–Crippen LogP) is 8.42. The van der Waals surface area contributed by atoms with E-state index in [-0.39, 0.29) is 17.9 Å². The first-order valence-corrected chi connectivity index (χ1v) is 20.6. The number of carbonyl (C=O) groups is 1. The Kier molecular flexibility index (Phi) is 11.3. The Morgan fingerprint density at radius 1 is 1.07 bits per heavy atom. The van der Waals surface area contributed by atoms with Gasteiger partial charge in [0.25, 0.3) is 0 Å². The Balaban J connectivity index is 1.27. The summed E-state index contributed by atoms with van der Waals surface area (Å²) < 4.78 is 38.6. The summed E-state index contributed by atoms with van der Waals surface area (Å²) in [5.41, 5.74) is 5.33. The number of aromatic amines is 1. The summed E-state index contributed by atoms with van der Waals surface area (Å²) in [7, 11) is 1.89. The van der Waals surface area contributed by atoms with Gasteiger partial charge in [0, 0.05) is 60.5 Å². The first kappa shape index (κ1) is 39.6. The molecule has 8 rings (SSSR count). The standard InChI is InChI=1S/C45H53FN8O4/c1-6-56-38(55)16-15-29-12-11-13-31(24-29)45(4)20-9-8-19-44(2,3)37-28-54(52-50-37)27-33-32-18-22-47-35(32)26-34(46)40(33)41(58-39-14-7-10-23-57-39)30-17-21-48-36(25-30)42-49-43(45)51-53(42)5/h11-13,17-18,21-22,24-26,28,39,41,47H,6-10,14-16,19-20,23,27H2,1-5H3/t39?,41?,45-/m1/s1. The fourth-order valence-electron chi connectivity index (χ4n) is 8.53. The highest BCUT2D eigenvalue weighted by atomic mass is 19.1. The Labute approximate surface area is 338 Å². The van der Waals surface area contributed by atoms with Crippen molar-refractivity contribution in [2.24, 2.45) is 7.05 Å². The van der Waals surface area contributed by atoms with Gasteiger partial charge in [0.2, 0.25) is 0 Å². The lowest BCUT2D eigenvalue weighted by molar-refractivity contribution is -0.182. The van der Waals surface area contributed by atoms with Crippen LogP contribution in [-0.2, 0) is 49.8 Å². The van der Waals surface area contributed by atoms with Crippen LogP contribution < -0.4 is 0 Å². The molecule has 2 aliphatic rings. The number of nitrogens with zero attached hydrogens (tertiary/aromatic N) is 7. The molecule has 0 radical (unpaired) electrons. The first-order valence-electron chi connectivity index (χ1n) is 20.6. The van der Waals surface area contributed by atoms with Crippen LogP contribution in [0.1, 0.15) is 125 Å². The van der Waals surface area contributed by atoms with Gasteiger partial charge in [-0.3, -0.25) is 9.78 Å². The molecule has 0 amide bonds. The molecule has 304 valence electrons. The van der Waals surface area contributed by atoms with Crippen LogP contribution in [0.15, 0.2) is 67.1 Å².